The maximum Gasteiger partial charge on any atom is 1.00 e. The second-order valence-corrected chi connectivity index (χ2v) is 12.4. The van der Waals surface area contributed by atoms with E-state index in [1.165, 1.54) is 57.7 Å². The van der Waals surface area contributed by atoms with Gasteiger partial charge in [0, 0.05) is 32.1 Å². The number of benzene rings is 4. The molecule has 0 unspecified atom stereocenters. The second kappa shape index (κ2) is 28.3. The van der Waals surface area contributed by atoms with Crippen molar-refractivity contribution in [3.63, 3.8) is 0 Å². The fourth-order valence-corrected chi connectivity index (χ4v) is 5.95. The van der Waals surface area contributed by atoms with Crippen LogP contribution in [0.4, 0.5) is 0 Å². The van der Waals surface area contributed by atoms with Crippen LogP contribution in [0.5, 0.6) is 23.0 Å². The van der Waals surface area contributed by atoms with E-state index in [0.717, 1.165) is 39.0 Å². The Balaban J connectivity index is 0.000000813. The average Bonchev–Trinajstić information content (AvgIpc) is 3.19. The van der Waals surface area contributed by atoms with Gasteiger partial charge in [-0.3, -0.25) is 14.4 Å². The number of rotatable bonds is 9. The van der Waals surface area contributed by atoms with Gasteiger partial charge < -0.3 is 41.4 Å². The summed E-state index contributed by atoms with van der Waals surface area (Å²) in [5.41, 5.74) is 7.99. The van der Waals surface area contributed by atoms with Crippen molar-refractivity contribution in [3.8, 4) is 23.0 Å². The second-order valence-electron chi connectivity index (χ2n) is 12.1. The number of alkyl halides is 1. The number of halogens is 1. The van der Waals surface area contributed by atoms with Gasteiger partial charge in [0.25, 0.3) is 6.47 Å². The molecule has 0 fully saturated rings. The summed E-state index contributed by atoms with van der Waals surface area (Å²) in [6, 6.07) is 29.9. The molecule has 14 heteroatoms. The van der Waals surface area contributed by atoms with E-state index in [-0.39, 0.29) is 139 Å². The Kier molecular flexibility index (Phi) is 26.1. The van der Waals surface area contributed by atoms with Crippen molar-refractivity contribution in [2.24, 2.45) is 0 Å². The number of aldehydes is 2. The van der Waals surface area contributed by atoms with Gasteiger partial charge in [-0.2, -0.15) is 0 Å². The summed E-state index contributed by atoms with van der Waals surface area (Å²) in [4.78, 5) is 37.2. The predicted octanol–water partition coefficient (Wildman–Crippen LogP) is -0.147. The molecule has 0 radical (unpaired) electrons. The van der Waals surface area contributed by atoms with E-state index in [2.05, 4.69) is 71.2 Å². The summed E-state index contributed by atoms with van der Waals surface area (Å²) < 4.78 is 5.87. The van der Waals surface area contributed by atoms with Gasteiger partial charge in [-0.05, 0) is 84.6 Å². The molecule has 0 atom stereocenters. The smallest absolute Gasteiger partial charge is 1.00 e. The maximum atomic E-state index is 11.2. The van der Waals surface area contributed by atoms with E-state index in [0.29, 0.717) is 30.8 Å². The van der Waals surface area contributed by atoms with Crippen molar-refractivity contribution in [2.45, 2.75) is 12.8 Å². The summed E-state index contributed by atoms with van der Waals surface area (Å²) >= 11 is 6.00. The number of likely N-dealkylation sites (N-methyl/N-ethyl adjacent to an activating group) is 2. The number of carbonyl (C=O) groups excluding carboxylic acids is 3. The molecule has 0 saturated heterocycles. The first-order chi connectivity index (χ1) is 25.7. The van der Waals surface area contributed by atoms with Crippen molar-refractivity contribution in [3.05, 3.63) is 130 Å². The summed E-state index contributed by atoms with van der Waals surface area (Å²) in [6.45, 7) is 4.24. The third-order valence-electron chi connectivity index (χ3n) is 8.49. The standard InChI is InChI=1S/C20H21NO3.C13H16ClN.C7H6O3.CH2O3.2K.H/c1-21-11-10-16(17(12-21)15-6-3-2-4-7-15)14-24-20-9-5-8-19(23)18(20)13-22;1-15-8-7-12(9-14)13(10-15)11-5-3-2-4-6-11;8-4-5-6(9)2-1-3-7(5)10;2-1-4-3;;;/h2-9,13,23H,10-12,14H2,1H3;2-6H,7-10H2,1H3;1-4,9-10H;1,3H;;;/q;;;;2*+1;-1/p-1. The van der Waals surface area contributed by atoms with E-state index in [4.69, 9.17) is 36.6 Å². The SMILES string of the molecule is CN1CCC(CCl)=C(c2ccccc2)C1.CN1CCC(COc2cccc(O)c2C=O)=C(c2ccccc2)C1.O=CO[O-].O=Cc1c(O)cccc1O.[H-].[K+].[K+]. The summed E-state index contributed by atoms with van der Waals surface area (Å²) in [7, 11) is 4.27. The van der Waals surface area contributed by atoms with E-state index < -0.39 is 0 Å². The van der Waals surface area contributed by atoms with Gasteiger partial charge in [-0.15, -0.1) is 11.6 Å². The van der Waals surface area contributed by atoms with Crippen molar-refractivity contribution in [1.82, 2.24) is 9.80 Å². The molecule has 2 aliphatic rings. The minimum absolute atomic E-state index is 0. The van der Waals surface area contributed by atoms with Crippen molar-refractivity contribution >= 4 is 41.8 Å². The molecule has 0 aromatic heterocycles. The quantitative estimate of drug-likeness (QED) is 0.0678. The minimum atomic E-state index is -0.199. The molecule has 6 rings (SSSR count). The first-order valence-corrected chi connectivity index (χ1v) is 17.2. The van der Waals surface area contributed by atoms with Crippen LogP contribution in [-0.4, -0.2) is 96.9 Å². The molecule has 2 aliphatic heterocycles. The zero-order valence-electron chi connectivity index (χ0n) is 32.7. The molecule has 0 bridgehead atoms. The van der Waals surface area contributed by atoms with Crippen molar-refractivity contribution < 1.29 is 149 Å². The van der Waals surface area contributed by atoms with Crippen LogP contribution in [0.15, 0.2) is 108 Å². The number of ether oxygens (including phenoxy) is 1. The first-order valence-electron chi connectivity index (χ1n) is 16.7. The molecule has 3 N–H and O–H groups in total. The van der Waals surface area contributed by atoms with Gasteiger partial charge in [0.05, 0.1) is 11.1 Å². The molecule has 0 saturated carbocycles. The maximum absolute atomic E-state index is 11.2. The Morgan fingerprint density at radius 1 is 0.673 bits per heavy atom. The zero-order chi connectivity index (χ0) is 38.6. The van der Waals surface area contributed by atoms with Crippen LogP contribution in [0, 0.1) is 0 Å². The molecule has 11 nitrogen and oxygen atoms in total. The summed E-state index contributed by atoms with van der Waals surface area (Å²) in [6.07, 6.45) is 3.07. The molecular weight excluding hydrogens is 778 g/mol. The summed E-state index contributed by atoms with van der Waals surface area (Å²) in [5.74, 6) is 0.634. The Morgan fingerprint density at radius 3 is 1.51 bits per heavy atom. The van der Waals surface area contributed by atoms with Gasteiger partial charge in [0.2, 0.25) is 0 Å². The number of nitrogens with zero attached hydrogens (tertiary/aromatic N) is 2. The van der Waals surface area contributed by atoms with E-state index >= 15 is 0 Å². The molecule has 4 aromatic carbocycles. The van der Waals surface area contributed by atoms with E-state index in [1.807, 2.05) is 18.2 Å². The topological polar surface area (TPSA) is 160 Å². The number of phenols is 3. The van der Waals surface area contributed by atoms with Gasteiger partial charge >= 0.3 is 103 Å². The van der Waals surface area contributed by atoms with Gasteiger partial charge in [-0.1, -0.05) is 72.8 Å². The van der Waals surface area contributed by atoms with Crippen LogP contribution in [-0.2, 0) is 9.68 Å². The fraction of sp³-hybridized carbons (Fsp3) is 0.244. The molecule has 2 heterocycles. The van der Waals surface area contributed by atoms with Gasteiger partial charge in [-0.25, -0.2) is 0 Å². The van der Waals surface area contributed by atoms with Gasteiger partial charge in [0.15, 0.2) is 12.6 Å². The van der Waals surface area contributed by atoms with Crippen molar-refractivity contribution in [1.29, 1.82) is 0 Å². The average molecular weight is 823 g/mol. The summed E-state index contributed by atoms with van der Waals surface area (Å²) in [5, 5.41) is 36.0. The Hall–Kier alpha value is -2.19. The Morgan fingerprint density at radius 2 is 1.09 bits per heavy atom. The van der Waals surface area contributed by atoms with Crippen LogP contribution in [0.25, 0.3) is 11.1 Å². The zero-order valence-corrected chi connectivity index (χ0v) is 38.7. The third kappa shape index (κ3) is 16.7. The number of hydrogen-bond donors (Lipinski definition) is 3. The number of hydrogen-bond acceptors (Lipinski definition) is 11. The Bertz CT molecular complexity index is 1830. The largest absolute Gasteiger partial charge is 1.00 e. The molecule has 282 valence electrons. The first kappa shape index (κ1) is 50.8. The molecular formula is C41H45ClK2N2O9. The van der Waals surface area contributed by atoms with Crippen LogP contribution in [0.2, 0.25) is 0 Å². The van der Waals surface area contributed by atoms with Crippen molar-refractivity contribution in [2.75, 3.05) is 52.8 Å². The predicted molar refractivity (Wildman–Crippen MR) is 204 cm³/mol. The number of aromatic hydroxyl groups is 3. The normalized spacial score (nSPS) is 13.7. The minimum Gasteiger partial charge on any atom is -1.00 e. The van der Waals surface area contributed by atoms with Crippen LogP contribution < -0.4 is 113 Å². The van der Waals surface area contributed by atoms with E-state index in [1.54, 1.807) is 12.1 Å². The van der Waals surface area contributed by atoms with E-state index in [9.17, 15) is 14.7 Å². The molecule has 55 heavy (non-hydrogen) atoms. The third-order valence-corrected chi connectivity index (χ3v) is 8.81. The molecule has 4 aromatic rings. The number of phenolic OH excluding ortho intramolecular Hbond substituents is 3. The van der Waals surface area contributed by atoms with Crippen LogP contribution in [0.3, 0.4) is 0 Å². The van der Waals surface area contributed by atoms with Crippen LogP contribution >= 0.6 is 11.6 Å². The molecule has 0 amide bonds. The fourth-order valence-electron chi connectivity index (χ4n) is 5.65. The van der Waals surface area contributed by atoms with Crippen LogP contribution in [0.1, 0.15) is 46.1 Å². The number of carbonyl (C=O) groups is 3. The van der Waals surface area contributed by atoms with Gasteiger partial charge in [0.1, 0.15) is 29.6 Å². The molecule has 0 spiro atoms. The Labute approximate surface area is 413 Å². The molecule has 0 aliphatic carbocycles. The monoisotopic (exact) mass is 822 g/mol.